The number of benzene rings is 1. The maximum Gasteiger partial charge on any atom is 0.123 e. The fourth-order valence-electron chi connectivity index (χ4n) is 6.42. The molecule has 0 saturated carbocycles. The van der Waals surface area contributed by atoms with Crippen LogP contribution in [-0.4, -0.2) is 19.0 Å². The van der Waals surface area contributed by atoms with E-state index in [9.17, 15) is 0 Å². The summed E-state index contributed by atoms with van der Waals surface area (Å²) < 4.78 is 0. The Morgan fingerprint density at radius 3 is 2.06 bits per heavy atom. The molecule has 6 nitrogen and oxygen atoms in total. The Kier molecular flexibility index (Phi) is 9.32. The highest BCUT2D eigenvalue weighted by Crippen LogP contribution is 2.43. The van der Waals surface area contributed by atoms with Crippen molar-refractivity contribution in [2.45, 2.75) is 65.1 Å². The van der Waals surface area contributed by atoms with Crippen molar-refractivity contribution in [1.82, 2.24) is 16.0 Å². The molecule has 0 fully saturated rings. The van der Waals surface area contributed by atoms with E-state index in [1.165, 1.54) is 70.3 Å². The number of hydrogen-bond donors (Lipinski definition) is 3. The van der Waals surface area contributed by atoms with Gasteiger partial charge in [0.2, 0.25) is 0 Å². The molecule has 0 spiro atoms. The standard InChI is InChI=1S/C37H37ClN6S3/c1-21-15-45-35(24(21)4)32-27(12-39-18-42-32)8-9-28-22(2)16-46-36(28)33-30(13-40-19-43-33)26-7-5-6-25(10-26)11-29-23(3)17-47-37(29)34-31(38)14-41-20-44-34/h5-7,10,12-20,32-34H,8-9,11H2,1-4H3,(H,39,42)(H,40,43)(H,41,44). The average molecular weight is 697 g/mol. The zero-order valence-corrected chi connectivity index (χ0v) is 30.0. The lowest BCUT2D eigenvalue weighted by molar-refractivity contribution is 0.750. The van der Waals surface area contributed by atoms with Crippen LogP contribution in [0.2, 0.25) is 0 Å². The van der Waals surface area contributed by atoms with E-state index in [1.54, 1.807) is 17.7 Å². The van der Waals surface area contributed by atoms with Crippen LogP contribution in [0.1, 0.15) is 83.7 Å². The maximum atomic E-state index is 6.58. The Bertz CT molecular complexity index is 1990. The molecule has 1 aromatic carbocycles. The lowest BCUT2D eigenvalue weighted by Crippen LogP contribution is -2.16. The molecule has 0 saturated heterocycles. The van der Waals surface area contributed by atoms with Gasteiger partial charge in [0.25, 0.3) is 0 Å². The predicted molar refractivity (Wildman–Crippen MR) is 203 cm³/mol. The van der Waals surface area contributed by atoms with E-state index in [0.29, 0.717) is 5.03 Å². The third-order valence-corrected chi connectivity index (χ3v) is 13.1. The molecule has 10 heteroatoms. The van der Waals surface area contributed by atoms with Crippen molar-refractivity contribution in [3.8, 4) is 0 Å². The fourth-order valence-corrected chi connectivity index (χ4v) is 10.2. The first-order valence-corrected chi connectivity index (χ1v) is 18.8. The molecular weight excluding hydrogens is 660 g/mol. The molecule has 240 valence electrons. The molecule has 3 N–H and O–H groups in total. The van der Waals surface area contributed by atoms with E-state index >= 15 is 0 Å². The SMILES string of the molecule is Cc1csc(C2N=CNC=C2CCc2c(C)csc2C2N=CNC=C2c2cccc(Cc3c(C)csc3C3N=CNC=C3Cl)c2)c1C. The smallest absolute Gasteiger partial charge is 0.123 e. The molecule has 4 aromatic rings. The summed E-state index contributed by atoms with van der Waals surface area (Å²) in [4.78, 5) is 18.4. The van der Waals surface area contributed by atoms with Gasteiger partial charge < -0.3 is 16.0 Å². The zero-order chi connectivity index (χ0) is 32.5. The summed E-state index contributed by atoms with van der Waals surface area (Å²) in [5.41, 5.74) is 12.9. The number of nitrogens with zero attached hydrogens (tertiary/aromatic N) is 3. The van der Waals surface area contributed by atoms with Gasteiger partial charge in [0.05, 0.1) is 24.0 Å². The zero-order valence-electron chi connectivity index (χ0n) is 26.8. The second kappa shape index (κ2) is 13.8. The molecule has 3 aliphatic rings. The molecular formula is C37H37ClN6S3. The van der Waals surface area contributed by atoms with Crippen molar-refractivity contribution < 1.29 is 0 Å². The van der Waals surface area contributed by atoms with Crippen LogP contribution in [0.25, 0.3) is 5.57 Å². The summed E-state index contributed by atoms with van der Waals surface area (Å²) in [5, 5.41) is 17.0. The minimum atomic E-state index is -0.153. The van der Waals surface area contributed by atoms with Crippen LogP contribution >= 0.6 is 45.6 Å². The van der Waals surface area contributed by atoms with Gasteiger partial charge in [-0.15, -0.1) is 34.0 Å². The second-order valence-corrected chi connectivity index (χ2v) is 15.4. The van der Waals surface area contributed by atoms with Gasteiger partial charge in [0, 0.05) is 38.8 Å². The van der Waals surface area contributed by atoms with E-state index in [0.717, 1.165) is 19.3 Å². The monoisotopic (exact) mass is 696 g/mol. The van der Waals surface area contributed by atoms with Crippen LogP contribution in [0.15, 0.2) is 84.6 Å². The third-order valence-electron chi connectivity index (χ3n) is 9.18. The molecule has 3 aromatic heterocycles. The van der Waals surface area contributed by atoms with Crippen molar-refractivity contribution in [2.75, 3.05) is 0 Å². The molecule has 0 aliphatic carbocycles. The number of rotatable bonds is 9. The summed E-state index contributed by atoms with van der Waals surface area (Å²) in [6.07, 6.45) is 14.2. The Hall–Kier alpha value is -3.76. The Labute approximate surface area is 293 Å². The Morgan fingerprint density at radius 2 is 1.32 bits per heavy atom. The number of thiophene rings is 3. The highest BCUT2D eigenvalue weighted by atomic mass is 35.5. The van der Waals surface area contributed by atoms with Crippen molar-refractivity contribution >= 4 is 70.2 Å². The van der Waals surface area contributed by atoms with Gasteiger partial charge in [-0.05, 0) is 113 Å². The number of nitrogens with one attached hydrogen (secondary N) is 3. The van der Waals surface area contributed by atoms with Crippen LogP contribution in [0, 0.1) is 27.7 Å². The quantitative estimate of drug-likeness (QED) is 0.163. The molecule has 6 heterocycles. The number of aryl methyl sites for hydroxylation is 3. The van der Waals surface area contributed by atoms with E-state index in [4.69, 9.17) is 21.6 Å². The van der Waals surface area contributed by atoms with Crippen molar-refractivity contribution in [3.05, 3.63) is 129 Å². The highest BCUT2D eigenvalue weighted by Gasteiger charge is 2.27. The lowest BCUT2D eigenvalue weighted by atomic mass is 9.90. The lowest BCUT2D eigenvalue weighted by Gasteiger charge is -2.23. The first-order valence-electron chi connectivity index (χ1n) is 15.7. The van der Waals surface area contributed by atoms with Gasteiger partial charge in [-0.1, -0.05) is 35.9 Å². The van der Waals surface area contributed by atoms with Crippen LogP contribution < -0.4 is 16.0 Å². The Balaban J connectivity index is 1.13. The summed E-state index contributed by atoms with van der Waals surface area (Å²) in [7, 11) is 0. The molecule has 3 unspecified atom stereocenters. The summed E-state index contributed by atoms with van der Waals surface area (Å²) in [6, 6.07) is 8.75. The summed E-state index contributed by atoms with van der Waals surface area (Å²) in [5.74, 6) is 0. The topological polar surface area (TPSA) is 73.2 Å². The predicted octanol–water partition coefficient (Wildman–Crippen LogP) is 9.35. The molecule has 7 rings (SSSR count). The number of aliphatic imine (C=N–C) groups is 3. The van der Waals surface area contributed by atoms with E-state index in [1.807, 2.05) is 41.6 Å². The fraction of sp³-hybridized carbons (Fsp3) is 0.270. The molecule has 0 amide bonds. The van der Waals surface area contributed by atoms with Gasteiger partial charge in [-0.3, -0.25) is 15.0 Å². The van der Waals surface area contributed by atoms with Crippen LogP contribution in [0.5, 0.6) is 0 Å². The summed E-state index contributed by atoms with van der Waals surface area (Å²) in [6.45, 7) is 8.81. The normalized spacial score (nSPS) is 20.3. The van der Waals surface area contributed by atoms with E-state index in [2.05, 4.69) is 101 Å². The minimum absolute atomic E-state index is 0.0684. The van der Waals surface area contributed by atoms with Crippen LogP contribution in [0.3, 0.4) is 0 Å². The first-order chi connectivity index (χ1) is 22.9. The van der Waals surface area contributed by atoms with Gasteiger partial charge in [-0.25, -0.2) is 0 Å². The van der Waals surface area contributed by atoms with Crippen molar-refractivity contribution in [2.24, 2.45) is 15.0 Å². The van der Waals surface area contributed by atoms with Crippen molar-refractivity contribution in [3.63, 3.8) is 0 Å². The van der Waals surface area contributed by atoms with Gasteiger partial charge in [-0.2, -0.15) is 0 Å². The van der Waals surface area contributed by atoms with Gasteiger partial charge in [0.15, 0.2) is 0 Å². The molecule has 3 aliphatic heterocycles. The molecule has 3 atom stereocenters. The summed E-state index contributed by atoms with van der Waals surface area (Å²) >= 11 is 11.9. The van der Waals surface area contributed by atoms with Crippen LogP contribution in [-0.2, 0) is 12.8 Å². The Morgan fingerprint density at radius 1 is 0.681 bits per heavy atom. The van der Waals surface area contributed by atoms with Crippen molar-refractivity contribution in [1.29, 1.82) is 0 Å². The molecule has 0 radical (unpaired) electrons. The van der Waals surface area contributed by atoms with Crippen LogP contribution in [0.4, 0.5) is 0 Å². The number of hydrogen-bond acceptors (Lipinski definition) is 9. The average Bonchev–Trinajstić information content (AvgIpc) is 3.76. The highest BCUT2D eigenvalue weighted by molar-refractivity contribution is 7.11. The minimum Gasteiger partial charge on any atom is -0.353 e. The number of halogens is 1. The van der Waals surface area contributed by atoms with E-state index < -0.39 is 0 Å². The molecule has 47 heavy (non-hydrogen) atoms. The largest absolute Gasteiger partial charge is 0.353 e. The van der Waals surface area contributed by atoms with Gasteiger partial charge in [0.1, 0.15) is 18.1 Å². The third kappa shape index (κ3) is 6.42. The van der Waals surface area contributed by atoms with Gasteiger partial charge >= 0.3 is 0 Å². The van der Waals surface area contributed by atoms with E-state index in [-0.39, 0.29) is 18.1 Å². The maximum absolute atomic E-state index is 6.58. The second-order valence-electron chi connectivity index (χ2n) is 12.2. The molecule has 0 bridgehead atoms. The first kappa shape index (κ1) is 31.8.